The lowest BCUT2D eigenvalue weighted by atomic mass is 10.1. The first-order valence-corrected chi connectivity index (χ1v) is 7.48. The Balaban J connectivity index is 1.69. The van der Waals surface area contributed by atoms with Crippen LogP contribution in [0, 0.1) is 0 Å². The molecule has 0 unspecified atom stereocenters. The molecule has 0 saturated carbocycles. The summed E-state index contributed by atoms with van der Waals surface area (Å²) in [4.78, 5) is 21.3. The number of hydrogen-bond donors (Lipinski definition) is 2. The molecule has 0 spiro atoms. The SMILES string of the molecule is O=C(Nc1cccc(-c2cnc[nH]2)c1)N1CCCCCC1. The lowest BCUT2D eigenvalue weighted by Gasteiger charge is -2.20. The van der Waals surface area contributed by atoms with Crippen molar-refractivity contribution in [1.29, 1.82) is 0 Å². The minimum absolute atomic E-state index is 0.00124. The zero-order chi connectivity index (χ0) is 14.5. The molecule has 2 N–H and O–H groups in total. The Morgan fingerprint density at radius 3 is 2.71 bits per heavy atom. The van der Waals surface area contributed by atoms with Crippen molar-refractivity contribution in [3.63, 3.8) is 0 Å². The normalized spacial score (nSPS) is 15.5. The van der Waals surface area contributed by atoms with Gasteiger partial charge in [0.25, 0.3) is 0 Å². The molecule has 1 aromatic heterocycles. The molecule has 0 atom stereocenters. The van der Waals surface area contributed by atoms with Gasteiger partial charge < -0.3 is 15.2 Å². The van der Waals surface area contributed by atoms with Gasteiger partial charge in [-0.05, 0) is 25.0 Å². The summed E-state index contributed by atoms with van der Waals surface area (Å²) >= 11 is 0. The van der Waals surface area contributed by atoms with E-state index < -0.39 is 0 Å². The first-order chi connectivity index (χ1) is 10.3. The number of benzene rings is 1. The molecular weight excluding hydrogens is 264 g/mol. The van der Waals surface area contributed by atoms with Crippen LogP contribution in [0.15, 0.2) is 36.8 Å². The molecule has 110 valence electrons. The number of H-pyrrole nitrogens is 1. The van der Waals surface area contributed by atoms with Gasteiger partial charge in [0, 0.05) is 24.3 Å². The van der Waals surface area contributed by atoms with E-state index in [-0.39, 0.29) is 6.03 Å². The van der Waals surface area contributed by atoms with Crippen molar-refractivity contribution in [2.45, 2.75) is 25.7 Å². The molecule has 3 rings (SSSR count). The van der Waals surface area contributed by atoms with Crippen LogP contribution in [-0.2, 0) is 0 Å². The topological polar surface area (TPSA) is 61.0 Å². The van der Waals surface area contributed by atoms with Crippen LogP contribution in [0.3, 0.4) is 0 Å². The maximum atomic E-state index is 12.3. The monoisotopic (exact) mass is 284 g/mol. The third-order valence-corrected chi connectivity index (χ3v) is 3.82. The predicted octanol–water partition coefficient (Wildman–Crippen LogP) is 3.48. The van der Waals surface area contributed by atoms with E-state index in [4.69, 9.17) is 0 Å². The van der Waals surface area contributed by atoms with Crippen molar-refractivity contribution in [1.82, 2.24) is 14.9 Å². The second kappa shape index (κ2) is 6.43. The Hall–Kier alpha value is -2.30. The summed E-state index contributed by atoms with van der Waals surface area (Å²) in [5.41, 5.74) is 2.78. The third kappa shape index (κ3) is 3.42. The summed E-state index contributed by atoms with van der Waals surface area (Å²) in [5.74, 6) is 0. The largest absolute Gasteiger partial charge is 0.345 e. The molecule has 21 heavy (non-hydrogen) atoms. The predicted molar refractivity (Wildman–Crippen MR) is 83.1 cm³/mol. The molecule has 0 aliphatic carbocycles. The number of rotatable bonds is 2. The van der Waals surface area contributed by atoms with E-state index in [0.717, 1.165) is 42.9 Å². The first-order valence-electron chi connectivity index (χ1n) is 7.48. The van der Waals surface area contributed by atoms with E-state index in [1.807, 2.05) is 29.2 Å². The number of imidazole rings is 1. The number of nitrogens with one attached hydrogen (secondary N) is 2. The van der Waals surface area contributed by atoms with E-state index in [1.54, 1.807) is 12.5 Å². The number of carbonyl (C=O) groups is 1. The van der Waals surface area contributed by atoms with Gasteiger partial charge in [0.2, 0.25) is 0 Å². The van der Waals surface area contributed by atoms with Gasteiger partial charge in [-0.2, -0.15) is 0 Å². The summed E-state index contributed by atoms with van der Waals surface area (Å²) in [6, 6.07) is 7.81. The number of urea groups is 1. The summed E-state index contributed by atoms with van der Waals surface area (Å²) in [6.45, 7) is 1.71. The van der Waals surface area contributed by atoms with Crippen LogP contribution in [0.25, 0.3) is 11.3 Å². The van der Waals surface area contributed by atoms with Crippen LogP contribution in [0.2, 0.25) is 0 Å². The van der Waals surface area contributed by atoms with Gasteiger partial charge in [0.1, 0.15) is 0 Å². The zero-order valence-corrected chi connectivity index (χ0v) is 12.0. The van der Waals surface area contributed by atoms with Crippen molar-refractivity contribution in [3.8, 4) is 11.3 Å². The number of amides is 2. The molecule has 2 aromatic rings. The van der Waals surface area contributed by atoms with Crippen molar-refractivity contribution in [2.24, 2.45) is 0 Å². The van der Waals surface area contributed by atoms with Crippen LogP contribution < -0.4 is 5.32 Å². The van der Waals surface area contributed by atoms with E-state index in [2.05, 4.69) is 15.3 Å². The maximum Gasteiger partial charge on any atom is 0.321 e. The number of carbonyl (C=O) groups excluding carboxylic acids is 1. The van der Waals surface area contributed by atoms with Gasteiger partial charge in [-0.25, -0.2) is 9.78 Å². The molecule has 2 heterocycles. The van der Waals surface area contributed by atoms with Crippen LogP contribution in [-0.4, -0.2) is 34.0 Å². The number of nitrogens with zero attached hydrogens (tertiary/aromatic N) is 2. The van der Waals surface area contributed by atoms with Gasteiger partial charge in [0.15, 0.2) is 0 Å². The fraction of sp³-hybridized carbons (Fsp3) is 0.375. The zero-order valence-electron chi connectivity index (χ0n) is 12.0. The second-order valence-electron chi connectivity index (χ2n) is 5.38. The molecule has 1 aliphatic rings. The van der Waals surface area contributed by atoms with Gasteiger partial charge in [-0.3, -0.25) is 0 Å². The number of likely N-dealkylation sites (tertiary alicyclic amines) is 1. The van der Waals surface area contributed by atoms with E-state index >= 15 is 0 Å². The first kappa shape index (κ1) is 13.7. The van der Waals surface area contributed by atoms with Gasteiger partial charge in [-0.15, -0.1) is 0 Å². The number of aromatic amines is 1. The molecule has 2 amide bonds. The Bertz CT molecular complexity index is 586. The highest BCUT2D eigenvalue weighted by Crippen LogP contribution is 2.20. The summed E-state index contributed by atoms with van der Waals surface area (Å²) in [7, 11) is 0. The van der Waals surface area contributed by atoms with Crippen molar-refractivity contribution in [3.05, 3.63) is 36.8 Å². The van der Waals surface area contributed by atoms with Crippen LogP contribution in [0.5, 0.6) is 0 Å². The molecular formula is C16H20N4O. The highest BCUT2D eigenvalue weighted by molar-refractivity contribution is 5.90. The summed E-state index contributed by atoms with van der Waals surface area (Å²) < 4.78 is 0. The lowest BCUT2D eigenvalue weighted by Crippen LogP contribution is -2.35. The standard InChI is InChI=1S/C16H20N4O/c21-16(20-8-3-1-2-4-9-20)19-14-7-5-6-13(10-14)15-11-17-12-18-15/h5-7,10-12H,1-4,8-9H2,(H,17,18)(H,19,21). The number of anilines is 1. The van der Waals surface area contributed by atoms with E-state index in [9.17, 15) is 4.79 Å². The van der Waals surface area contributed by atoms with Gasteiger partial charge in [-0.1, -0.05) is 25.0 Å². The Morgan fingerprint density at radius 2 is 2.00 bits per heavy atom. The average Bonchev–Trinajstić information content (AvgIpc) is 2.90. The van der Waals surface area contributed by atoms with Gasteiger partial charge in [0.05, 0.1) is 18.2 Å². The fourth-order valence-corrected chi connectivity index (χ4v) is 2.65. The van der Waals surface area contributed by atoms with Crippen molar-refractivity contribution < 1.29 is 4.79 Å². The van der Waals surface area contributed by atoms with Crippen molar-refractivity contribution >= 4 is 11.7 Å². The summed E-state index contributed by atoms with van der Waals surface area (Å²) in [6.07, 6.45) is 8.06. The van der Waals surface area contributed by atoms with E-state index in [0.29, 0.717) is 0 Å². The number of aromatic nitrogens is 2. The second-order valence-corrected chi connectivity index (χ2v) is 5.38. The maximum absolute atomic E-state index is 12.3. The Kier molecular flexibility index (Phi) is 4.19. The average molecular weight is 284 g/mol. The molecule has 5 heteroatoms. The lowest BCUT2D eigenvalue weighted by molar-refractivity contribution is 0.214. The molecule has 5 nitrogen and oxygen atoms in total. The minimum atomic E-state index is -0.00124. The van der Waals surface area contributed by atoms with Crippen LogP contribution >= 0.6 is 0 Å². The quantitative estimate of drug-likeness (QED) is 0.886. The van der Waals surface area contributed by atoms with Crippen LogP contribution in [0.1, 0.15) is 25.7 Å². The third-order valence-electron chi connectivity index (χ3n) is 3.82. The van der Waals surface area contributed by atoms with E-state index in [1.165, 1.54) is 12.8 Å². The molecule has 0 radical (unpaired) electrons. The minimum Gasteiger partial charge on any atom is -0.345 e. The molecule has 1 aromatic carbocycles. The molecule has 1 fully saturated rings. The fourth-order valence-electron chi connectivity index (χ4n) is 2.65. The van der Waals surface area contributed by atoms with Crippen LogP contribution in [0.4, 0.5) is 10.5 Å². The van der Waals surface area contributed by atoms with Gasteiger partial charge >= 0.3 is 6.03 Å². The molecule has 1 aliphatic heterocycles. The Morgan fingerprint density at radius 1 is 1.19 bits per heavy atom. The highest BCUT2D eigenvalue weighted by atomic mass is 16.2. The molecule has 1 saturated heterocycles. The highest BCUT2D eigenvalue weighted by Gasteiger charge is 2.15. The Labute approximate surface area is 124 Å². The smallest absolute Gasteiger partial charge is 0.321 e. The summed E-state index contributed by atoms with van der Waals surface area (Å²) in [5, 5.41) is 2.99. The molecule has 0 bridgehead atoms. The number of hydrogen-bond acceptors (Lipinski definition) is 2. The van der Waals surface area contributed by atoms with Crippen molar-refractivity contribution in [2.75, 3.05) is 18.4 Å².